The minimum atomic E-state index is -0.443. The van der Waals surface area contributed by atoms with Gasteiger partial charge in [-0.2, -0.15) is 0 Å². The number of hydrogen-bond acceptors (Lipinski definition) is 4. The first-order valence-corrected chi connectivity index (χ1v) is 6.23. The second-order valence-corrected chi connectivity index (χ2v) is 4.33. The molecule has 0 spiro atoms. The van der Waals surface area contributed by atoms with Crippen molar-refractivity contribution in [3.8, 4) is 5.75 Å². The maximum atomic E-state index is 11.8. The fourth-order valence-electron chi connectivity index (χ4n) is 1.94. The molecule has 0 radical (unpaired) electrons. The van der Waals surface area contributed by atoms with E-state index in [-0.39, 0.29) is 23.8 Å². The lowest BCUT2D eigenvalue weighted by atomic mass is 10.2. The molecule has 3 N–H and O–H groups in total. The van der Waals surface area contributed by atoms with Crippen LogP contribution in [0.5, 0.6) is 5.75 Å². The molecule has 2 rings (SSSR count). The van der Waals surface area contributed by atoms with E-state index >= 15 is 0 Å². The second kappa shape index (κ2) is 6.19. The van der Waals surface area contributed by atoms with Gasteiger partial charge in [0.2, 0.25) is 5.91 Å². The van der Waals surface area contributed by atoms with Crippen LogP contribution in [-0.4, -0.2) is 54.5 Å². The van der Waals surface area contributed by atoms with Crippen LogP contribution >= 0.6 is 0 Å². The van der Waals surface area contributed by atoms with Gasteiger partial charge in [0, 0.05) is 26.2 Å². The molecule has 2 amide bonds. The van der Waals surface area contributed by atoms with E-state index in [2.05, 4.69) is 10.6 Å². The SMILES string of the molecule is O=C(NCC(=O)N1CCNCC1)c1ccccc1O. The third-order valence-corrected chi connectivity index (χ3v) is 3.02. The van der Waals surface area contributed by atoms with Crippen molar-refractivity contribution >= 4 is 11.8 Å². The predicted octanol–water partition coefficient (Wildman–Crippen LogP) is -0.446. The number of nitrogens with zero attached hydrogens (tertiary/aromatic N) is 1. The van der Waals surface area contributed by atoms with Crippen LogP contribution in [0, 0.1) is 0 Å². The van der Waals surface area contributed by atoms with Crippen LogP contribution in [0.25, 0.3) is 0 Å². The van der Waals surface area contributed by atoms with Crippen molar-refractivity contribution in [3.05, 3.63) is 29.8 Å². The summed E-state index contributed by atoms with van der Waals surface area (Å²) in [6, 6.07) is 6.25. The number of aromatic hydroxyl groups is 1. The number of benzene rings is 1. The van der Waals surface area contributed by atoms with Gasteiger partial charge in [0.15, 0.2) is 0 Å². The fraction of sp³-hybridized carbons (Fsp3) is 0.385. The maximum absolute atomic E-state index is 11.8. The zero-order valence-electron chi connectivity index (χ0n) is 10.6. The Kier molecular flexibility index (Phi) is 4.35. The molecule has 6 nitrogen and oxygen atoms in total. The number of amides is 2. The topological polar surface area (TPSA) is 81.7 Å². The van der Waals surface area contributed by atoms with E-state index in [1.165, 1.54) is 12.1 Å². The summed E-state index contributed by atoms with van der Waals surface area (Å²) in [7, 11) is 0. The monoisotopic (exact) mass is 263 g/mol. The number of carbonyl (C=O) groups excluding carboxylic acids is 2. The summed E-state index contributed by atoms with van der Waals surface area (Å²) in [6.07, 6.45) is 0. The van der Waals surface area contributed by atoms with E-state index in [1.54, 1.807) is 17.0 Å². The minimum Gasteiger partial charge on any atom is -0.507 e. The van der Waals surface area contributed by atoms with Crippen LogP contribution in [0.3, 0.4) is 0 Å². The largest absolute Gasteiger partial charge is 0.507 e. The molecule has 6 heteroatoms. The van der Waals surface area contributed by atoms with Crippen LogP contribution in [0.1, 0.15) is 10.4 Å². The standard InChI is InChI=1S/C13H17N3O3/c17-11-4-2-1-3-10(11)13(19)15-9-12(18)16-7-5-14-6-8-16/h1-4,14,17H,5-9H2,(H,15,19). The number of carbonyl (C=O) groups is 2. The van der Waals surface area contributed by atoms with Crippen LogP contribution in [-0.2, 0) is 4.79 Å². The molecule has 1 fully saturated rings. The van der Waals surface area contributed by atoms with Gasteiger partial charge in [-0.25, -0.2) is 0 Å². The summed E-state index contributed by atoms with van der Waals surface area (Å²) in [5, 5.41) is 15.2. The summed E-state index contributed by atoms with van der Waals surface area (Å²) in [5.74, 6) is -0.638. The quantitative estimate of drug-likeness (QED) is 0.690. The Morgan fingerprint density at radius 1 is 1.26 bits per heavy atom. The molecule has 0 unspecified atom stereocenters. The van der Waals surface area contributed by atoms with Gasteiger partial charge in [0.05, 0.1) is 12.1 Å². The third-order valence-electron chi connectivity index (χ3n) is 3.02. The van der Waals surface area contributed by atoms with Crippen LogP contribution < -0.4 is 10.6 Å². The first-order valence-electron chi connectivity index (χ1n) is 6.23. The van der Waals surface area contributed by atoms with Gasteiger partial charge < -0.3 is 20.6 Å². The van der Waals surface area contributed by atoms with Gasteiger partial charge in [0.25, 0.3) is 5.91 Å². The highest BCUT2D eigenvalue weighted by molar-refractivity contribution is 5.98. The lowest BCUT2D eigenvalue weighted by Gasteiger charge is -2.27. The number of rotatable bonds is 3. The van der Waals surface area contributed by atoms with E-state index in [9.17, 15) is 14.7 Å². The van der Waals surface area contributed by atoms with E-state index in [1.807, 2.05) is 0 Å². The smallest absolute Gasteiger partial charge is 0.255 e. The van der Waals surface area contributed by atoms with Crippen LogP contribution in [0.2, 0.25) is 0 Å². The van der Waals surface area contributed by atoms with E-state index < -0.39 is 5.91 Å². The first-order chi connectivity index (χ1) is 9.18. The number of phenolic OH excluding ortho intramolecular Hbond substituents is 1. The summed E-state index contributed by atoms with van der Waals surface area (Å²) in [6.45, 7) is 2.82. The average Bonchev–Trinajstić information content (AvgIpc) is 2.46. The second-order valence-electron chi connectivity index (χ2n) is 4.33. The van der Waals surface area contributed by atoms with Crippen molar-refractivity contribution in [2.45, 2.75) is 0 Å². The summed E-state index contributed by atoms with van der Waals surface area (Å²) < 4.78 is 0. The number of piperazine rings is 1. The molecule has 1 aromatic carbocycles. The predicted molar refractivity (Wildman–Crippen MR) is 69.9 cm³/mol. The summed E-state index contributed by atoms with van der Waals surface area (Å²) in [4.78, 5) is 25.3. The van der Waals surface area contributed by atoms with Gasteiger partial charge >= 0.3 is 0 Å². The number of hydrogen-bond donors (Lipinski definition) is 3. The molecule has 0 saturated carbocycles. The lowest BCUT2D eigenvalue weighted by molar-refractivity contribution is -0.130. The van der Waals surface area contributed by atoms with Gasteiger partial charge in [-0.1, -0.05) is 12.1 Å². The Bertz CT molecular complexity index is 470. The number of phenols is 1. The fourth-order valence-corrected chi connectivity index (χ4v) is 1.94. The molecule has 1 aliphatic rings. The first kappa shape index (κ1) is 13.4. The van der Waals surface area contributed by atoms with Crippen molar-refractivity contribution in [2.75, 3.05) is 32.7 Å². The highest BCUT2D eigenvalue weighted by Crippen LogP contribution is 2.14. The Balaban J connectivity index is 1.86. The summed E-state index contributed by atoms with van der Waals surface area (Å²) in [5.41, 5.74) is 0.176. The Labute approximate surface area is 111 Å². The highest BCUT2D eigenvalue weighted by atomic mass is 16.3. The van der Waals surface area contributed by atoms with E-state index in [4.69, 9.17) is 0 Å². The molecular formula is C13H17N3O3. The number of nitrogens with one attached hydrogen (secondary N) is 2. The molecule has 0 bridgehead atoms. The van der Waals surface area contributed by atoms with Crippen molar-refractivity contribution in [1.82, 2.24) is 15.5 Å². The Hall–Kier alpha value is -2.08. The third kappa shape index (κ3) is 3.45. The highest BCUT2D eigenvalue weighted by Gasteiger charge is 2.17. The van der Waals surface area contributed by atoms with E-state index in [0.29, 0.717) is 13.1 Å². The maximum Gasteiger partial charge on any atom is 0.255 e. The van der Waals surface area contributed by atoms with Gasteiger partial charge in [-0.15, -0.1) is 0 Å². The average molecular weight is 263 g/mol. The van der Waals surface area contributed by atoms with E-state index in [0.717, 1.165) is 13.1 Å². The normalized spacial score (nSPS) is 15.1. The molecule has 1 heterocycles. The molecule has 19 heavy (non-hydrogen) atoms. The minimum absolute atomic E-state index is 0.0484. The van der Waals surface area contributed by atoms with Crippen molar-refractivity contribution in [1.29, 1.82) is 0 Å². The molecule has 1 aromatic rings. The van der Waals surface area contributed by atoms with Gasteiger partial charge in [0.1, 0.15) is 5.75 Å². The number of para-hydroxylation sites is 1. The van der Waals surface area contributed by atoms with Gasteiger partial charge in [-0.05, 0) is 12.1 Å². The molecule has 0 atom stereocenters. The zero-order chi connectivity index (χ0) is 13.7. The Morgan fingerprint density at radius 2 is 1.95 bits per heavy atom. The molecular weight excluding hydrogens is 246 g/mol. The molecule has 0 aliphatic carbocycles. The van der Waals surface area contributed by atoms with Crippen LogP contribution in [0.4, 0.5) is 0 Å². The molecule has 1 aliphatic heterocycles. The van der Waals surface area contributed by atoms with Crippen molar-refractivity contribution in [2.24, 2.45) is 0 Å². The lowest BCUT2D eigenvalue weighted by Crippen LogP contribution is -2.49. The Morgan fingerprint density at radius 3 is 2.63 bits per heavy atom. The molecule has 1 saturated heterocycles. The van der Waals surface area contributed by atoms with Crippen molar-refractivity contribution in [3.63, 3.8) is 0 Å². The molecule has 0 aromatic heterocycles. The molecule has 102 valence electrons. The zero-order valence-corrected chi connectivity index (χ0v) is 10.6. The van der Waals surface area contributed by atoms with Crippen molar-refractivity contribution < 1.29 is 14.7 Å². The summed E-state index contributed by atoms with van der Waals surface area (Å²) >= 11 is 0. The van der Waals surface area contributed by atoms with Crippen LogP contribution in [0.15, 0.2) is 24.3 Å². The van der Waals surface area contributed by atoms with Gasteiger partial charge in [-0.3, -0.25) is 9.59 Å².